The zero-order chi connectivity index (χ0) is 15.0. The average molecular weight is 297 g/mol. The molecule has 0 aliphatic carbocycles. The monoisotopic (exact) mass is 296 g/mol. The number of aromatic carboxylic acids is 1. The molecular weight excluding hydrogens is 283 g/mol. The lowest BCUT2D eigenvalue weighted by Gasteiger charge is -2.11. The van der Waals surface area contributed by atoms with Crippen molar-refractivity contribution in [3.8, 4) is 11.3 Å². The molecule has 0 radical (unpaired) electrons. The summed E-state index contributed by atoms with van der Waals surface area (Å²) in [6.45, 7) is 3.94. The van der Waals surface area contributed by atoms with Gasteiger partial charge in [-0.05, 0) is 29.7 Å². The van der Waals surface area contributed by atoms with Crippen LogP contribution in [-0.2, 0) is 7.05 Å². The Hall–Kier alpha value is -1.88. The fourth-order valence-corrected chi connectivity index (χ4v) is 2.18. The van der Waals surface area contributed by atoms with Crippen LogP contribution in [0.5, 0.6) is 0 Å². The number of hydrogen-bond acceptors (Lipinski definition) is 2. The van der Waals surface area contributed by atoms with Gasteiger partial charge in [0.2, 0.25) is 0 Å². The van der Waals surface area contributed by atoms with Gasteiger partial charge in [-0.25, -0.2) is 9.18 Å². The number of hydrogen-bond donors (Lipinski definition) is 1. The second-order valence-corrected chi connectivity index (χ2v) is 5.27. The van der Waals surface area contributed by atoms with Crippen molar-refractivity contribution >= 4 is 17.6 Å². The third-order valence-corrected chi connectivity index (χ3v) is 3.37. The van der Waals surface area contributed by atoms with Crippen molar-refractivity contribution in [2.75, 3.05) is 0 Å². The summed E-state index contributed by atoms with van der Waals surface area (Å²) in [5, 5.41) is 12.8. The number of nitrogens with zero attached hydrogens (tertiary/aromatic N) is 2. The van der Waals surface area contributed by atoms with Gasteiger partial charge in [-0.1, -0.05) is 25.4 Å². The summed E-state index contributed by atoms with van der Waals surface area (Å²) in [6.07, 6.45) is 0. The van der Waals surface area contributed by atoms with E-state index in [9.17, 15) is 9.18 Å². The first-order valence-corrected chi connectivity index (χ1v) is 6.45. The minimum Gasteiger partial charge on any atom is -0.476 e. The van der Waals surface area contributed by atoms with Crippen LogP contribution in [0, 0.1) is 5.82 Å². The van der Waals surface area contributed by atoms with Crippen LogP contribution in [-0.4, -0.2) is 20.9 Å². The van der Waals surface area contributed by atoms with E-state index in [2.05, 4.69) is 5.10 Å². The highest BCUT2D eigenvalue weighted by molar-refractivity contribution is 6.31. The van der Waals surface area contributed by atoms with E-state index in [1.54, 1.807) is 19.2 Å². The number of aryl methyl sites for hydroxylation is 1. The fourth-order valence-electron chi connectivity index (χ4n) is 1.95. The van der Waals surface area contributed by atoms with E-state index < -0.39 is 11.8 Å². The smallest absolute Gasteiger partial charge is 0.356 e. The van der Waals surface area contributed by atoms with Gasteiger partial charge in [0.15, 0.2) is 11.5 Å². The minimum atomic E-state index is -1.15. The molecular formula is C14H14ClFN2O2. The van der Waals surface area contributed by atoms with Gasteiger partial charge in [0.05, 0.1) is 10.7 Å². The Labute approximate surface area is 120 Å². The Kier molecular flexibility index (Phi) is 3.81. The van der Waals surface area contributed by atoms with E-state index in [-0.39, 0.29) is 22.2 Å². The number of rotatable bonds is 3. The maximum Gasteiger partial charge on any atom is 0.356 e. The molecule has 1 aromatic carbocycles. The maximum absolute atomic E-state index is 14.2. The molecule has 1 N–H and O–H groups in total. The van der Waals surface area contributed by atoms with Gasteiger partial charge < -0.3 is 5.11 Å². The molecule has 0 amide bonds. The highest BCUT2D eigenvalue weighted by Gasteiger charge is 2.18. The van der Waals surface area contributed by atoms with Crippen LogP contribution in [0.4, 0.5) is 4.39 Å². The standard InChI is InChI=1S/C14H14ClFN2O2/c1-7(2)8-4-9(13(16)10(15)5-8)12-6-11(14(19)20)17-18(12)3/h4-7H,1-3H3,(H,19,20). The number of aromatic nitrogens is 2. The number of halogens is 2. The van der Waals surface area contributed by atoms with Gasteiger partial charge in [-0.3, -0.25) is 4.68 Å². The zero-order valence-corrected chi connectivity index (χ0v) is 12.1. The van der Waals surface area contributed by atoms with E-state index in [0.717, 1.165) is 5.56 Å². The second kappa shape index (κ2) is 5.25. The lowest BCUT2D eigenvalue weighted by molar-refractivity contribution is 0.0689. The van der Waals surface area contributed by atoms with E-state index in [1.807, 2.05) is 13.8 Å². The molecule has 0 fully saturated rings. The minimum absolute atomic E-state index is 0.0178. The summed E-state index contributed by atoms with van der Waals surface area (Å²) in [5.41, 5.74) is 1.38. The second-order valence-electron chi connectivity index (χ2n) is 4.86. The van der Waals surface area contributed by atoms with E-state index in [4.69, 9.17) is 16.7 Å². The number of carbonyl (C=O) groups is 1. The summed E-state index contributed by atoms with van der Waals surface area (Å²) >= 11 is 5.91. The van der Waals surface area contributed by atoms with Crippen molar-refractivity contribution in [3.05, 3.63) is 40.3 Å². The molecule has 0 saturated carbocycles. The molecule has 1 heterocycles. The average Bonchev–Trinajstić information content (AvgIpc) is 2.74. The van der Waals surface area contributed by atoms with Gasteiger partial charge in [0.25, 0.3) is 0 Å². The van der Waals surface area contributed by atoms with Crippen LogP contribution in [0.3, 0.4) is 0 Å². The highest BCUT2D eigenvalue weighted by atomic mass is 35.5. The Balaban J connectivity index is 2.65. The lowest BCUT2D eigenvalue weighted by Crippen LogP contribution is -2.00. The van der Waals surface area contributed by atoms with Crippen molar-refractivity contribution in [1.82, 2.24) is 9.78 Å². The van der Waals surface area contributed by atoms with Crippen molar-refractivity contribution in [1.29, 1.82) is 0 Å². The van der Waals surface area contributed by atoms with Gasteiger partial charge in [-0.15, -0.1) is 0 Å². The maximum atomic E-state index is 14.2. The first-order chi connectivity index (χ1) is 9.31. The molecule has 0 atom stereocenters. The summed E-state index contributed by atoms with van der Waals surface area (Å²) in [7, 11) is 1.57. The molecule has 4 nitrogen and oxygen atoms in total. The lowest BCUT2D eigenvalue weighted by atomic mass is 9.99. The van der Waals surface area contributed by atoms with Crippen LogP contribution in [0.2, 0.25) is 5.02 Å². The van der Waals surface area contributed by atoms with Gasteiger partial charge >= 0.3 is 5.97 Å². The largest absolute Gasteiger partial charge is 0.476 e. The number of carboxylic acids is 1. The molecule has 2 aromatic rings. The summed E-state index contributed by atoms with van der Waals surface area (Å²) in [4.78, 5) is 10.9. The molecule has 1 aromatic heterocycles. The SMILES string of the molecule is CC(C)c1cc(Cl)c(F)c(-c2cc(C(=O)O)nn2C)c1. The van der Waals surface area contributed by atoms with Gasteiger partial charge in [0.1, 0.15) is 0 Å². The molecule has 20 heavy (non-hydrogen) atoms. The summed E-state index contributed by atoms with van der Waals surface area (Å²) < 4.78 is 15.5. The van der Waals surface area contributed by atoms with E-state index >= 15 is 0 Å². The third-order valence-electron chi connectivity index (χ3n) is 3.09. The molecule has 0 aliphatic rings. The Morgan fingerprint density at radius 1 is 1.40 bits per heavy atom. The van der Waals surface area contributed by atoms with Gasteiger partial charge in [-0.2, -0.15) is 5.10 Å². The molecule has 0 bridgehead atoms. The Morgan fingerprint density at radius 3 is 2.55 bits per heavy atom. The van der Waals surface area contributed by atoms with Crippen LogP contribution in [0.15, 0.2) is 18.2 Å². The van der Waals surface area contributed by atoms with Crippen molar-refractivity contribution in [2.45, 2.75) is 19.8 Å². The molecule has 0 aliphatic heterocycles. The fraction of sp³-hybridized carbons (Fsp3) is 0.286. The van der Waals surface area contributed by atoms with Crippen LogP contribution < -0.4 is 0 Å². The van der Waals surface area contributed by atoms with Crippen molar-refractivity contribution in [2.24, 2.45) is 7.05 Å². The Morgan fingerprint density at radius 2 is 2.05 bits per heavy atom. The van der Waals surface area contributed by atoms with E-state index in [0.29, 0.717) is 5.69 Å². The highest BCUT2D eigenvalue weighted by Crippen LogP contribution is 2.32. The first-order valence-electron chi connectivity index (χ1n) is 6.08. The normalized spacial score (nSPS) is 11.1. The molecule has 6 heteroatoms. The van der Waals surface area contributed by atoms with Gasteiger partial charge in [0, 0.05) is 12.6 Å². The predicted molar refractivity (Wildman–Crippen MR) is 74.7 cm³/mol. The molecule has 0 unspecified atom stereocenters. The van der Waals surface area contributed by atoms with Crippen LogP contribution in [0.25, 0.3) is 11.3 Å². The van der Waals surface area contributed by atoms with Crippen molar-refractivity contribution < 1.29 is 14.3 Å². The van der Waals surface area contributed by atoms with Crippen LogP contribution >= 0.6 is 11.6 Å². The number of benzene rings is 1. The predicted octanol–water partition coefficient (Wildman–Crippen LogP) is 3.70. The summed E-state index contributed by atoms with van der Waals surface area (Å²) in [6, 6.07) is 4.59. The third kappa shape index (κ3) is 2.54. The topological polar surface area (TPSA) is 55.1 Å². The Bertz CT molecular complexity index is 680. The molecule has 2 rings (SSSR count). The summed E-state index contributed by atoms with van der Waals surface area (Å²) in [5.74, 6) is -1.55. The van der Waals surface area contributed by atoms with E-state index in [1.165, 1.54) is 10.7 Å². The van der Waals surface area contributed by atoms with Crippen molar-refractivity contribution in [3.63, 3.8) is 0 Å². The van der Waals surface area contributed by atoms with Crippen LogP contribution in [0.1, 0.15) is 35.8 Å². The molecule has 106 valence electrons. The molecule has 0 saturated heterocycles. The first kappa shape index (κ1) is 14.5. The zero-order valence-electron chi connectivity index (χ0n) is 11.3. The number of carboxylic acid groups (broad SMARTS) is 1. The molecule has 0 spiro atoms. The quantitative estimate of drug-likeness (QED) is 0.939.